The van der Waals surface area contributed by atoms with Crippen LogP contribution in [-0.2, 0) is 23.8 Å². The van der Waals surface area contributed by atoms with Gasteiger partial charge >= 0.3 is 5.97 Å². The fourth-order valence-corrected chi connectivity index (χ4v) is 4.89. The molecule has 176 valence electrons. The highest BCUT2D eigenvalue weighted by molar-refractivity contribution is 6.11. The quantitative estimate of drug-likeness (QED) is 0.366. The molecule has 3 heterocycles. The molecule has 1 aromatic rings. The van der Waals surface area contributed by atoms with Gasteiger partial charge in [-0.3, -0.25) is 24.7 Å². The molecule has 0 bridgehead atoms. The molecule has 0 radical (unpaired) electrons. The first-order valence-corrected chi connectivity index (χ1v) is 10.4. The van der Waals surface area contributed by atoms with E-state index >= 15 is 0 Å². The number of carbonyl (C=O) groups excluding carboxylic acids is 2. The monoisotopic (exact) mass is 460 g/mol. The number of ether oxygens (including phenoxy) is 3. The smallest absolute Gasteiger partial charge is 0.315 e. The average Bonchev–Trinajstić information content (AvgIpc) is 3.33. The third-order valence-electron chi connectivity index (χ3n) is 6.45. The Bertz CT molecular complexity index is 1080. The molecule has 3 aliphatic rings. The number of methoxy groups -OCH3 is 1. The Morgan fingerprint density at radius 3 is 2.70 bits per heavy atom. The van der Waals surface area contributed by atoms with Crippen molar-refractivity contribution < 1.29 is 38.9 Å². The van der Waals surface area contributed by atoms with Gasteiger partial charge in [-0.25, -0.2) is 0 Å². The van der Waals surface area contributed by atoms with E-state index in [0.29, 0.717) is 11.3 Å². The second kappa shape index (κ2) is 8.41. The minimum Gasteiger partial charge on any atom is -0.468 e. The highest BCUT2D eigenvalue weighted by Gasteiger charge is 2.61. The molecule has 11 nitrogen and oxygen atoms in total. The number of nitrogens with zero attached hydrogens (tertiary/aromatic N) is 2. The zero-order valence-electron chi connectivity index (χ0n) is 18.3. The van der Waals surface area contributed by atoms with Crippen molar-refractivity contribution in [3.63, 3.8) is 0 Å². The van der Waals surface area contributed by atoms with Crippen LogP contribution in [0.2, 0.25) is 0 Å². The van der Waals surface area contributed by atoms with E-state index in [0.717, 1.165) is 0 Å². The molecule has 3 aliphatic heterocycles. The van der Waals surface area contributed by atoms with Crippen molar-refractivity contribution in [1.29, 1.82) is 0 Å². The number of esters is 1. The number of hydrogen-bond donors (Lipinski definition) is 2. The molecule has 0 aromatic heterocycles. The molecule has 0 saturated carbocycles. The Kier molecular flexibility index (Phi) is 5.91. The fraction of sp³-hybridized carbons (Fsp3) is 0.500. The van der Waals surface area contributed by atoms with Crippen LogP contribution in [0, 0.1) is 16.0 Å². The van der Waals surface area contributed by atoms with E-state index in [1.54, 1.807) is 19.9 Å². The van der Waals surface area contributed by atoms with Crippen LogP contribution in [0.5, 0.6) is 0 Å². The fourth-order valence-electron chi connectivity index (χ4n) is 4.89. The second-order valence-electron chi connectivity index (χ2n) is 8.43. The molecule has 0 spiro atoms. The largest absolute Gasteiger partial charge is 0.468 e. The summed E-state index contributed by atoms with van der Waals surface area (Å²) in [5.74, 6) is -3.50. The third kappa shape index (κ3) is 3.66. The van der Waals surface area contributed by atoms with Gasteiger partial charge in [-0.1, -0.05) is 12.1 Å². The molecule has 2 unspecified atom stereocenters. The molecule has 33 heavy (non-hydrogen) atoms. The van der Waals surface area contributed by atoms with E-state index in [-0.39, 0.29) is 23.6 Å². The van der Waals surface area contributed by atoms with Crippen LogP contribution in [0.1, 0.15) is 25.3 Å². The topological polar surface area (TPSA) is 158 Å². The number of hydrogen-bond acceptors (Lipinski definition) is 10. The molecule has 0 aliphatic carbocycles. The van der Waals surface area contributed by atoms with E-state index in [4.69, 9.17) is 14.2 Å². The molecular formula is C22H24N2O9. The van der Waals surface area contributed by atoms with Crippen LogP contribution in [-0.4, -0.2) is 76.8 Å². The highest BCUT2D eigenvalue weighted by Crippen LogP contribution is 2.45. The number of aliphatic imine (C=N–C) groups is 1. The molecule has 0 amide bonds. The number of allylic oxidation sites excluding steroid dienone is 1. The standard InChI is InChI=1S/C22H24N2O9/c1-10-15(19(26)22(28)9-33-18-14(25)8-32-20(18)22)17(16(11(2)23-10)21(27)31-3)12-5-4-6-13(7-12)24(29)30/h4-7,14,16-18,20,25,28H,8-9H2,1-3H3/t14-,16?,17?,18+,20-,22-/m0/s1. The first-order chi connectivity index (χ1) is 15.6. The van der Waals surface area contributed by atoms with Crippen LogP contribution >= 0.6 is 0 Å². The Morgan fingerprint density at radius 1 is 1.30 bits per heavy atom. The molecule has 2 N–H and O–H groups in total. The summed E-state index contributed by atoms with van der Waals surface area (Å²) in [6, 6.07) is 5.61. The average molecular weight is 460 g/mol. The Balaban J connectivity index is 1.86. The maximum atomic E-state index is 13.8. The number of aliphatic hydroxyl groups excluding tert-OH is 1. The summed E-state index contributed by atoms with van der Waals surface area (Å²) in [5, 5.41) is 32.8. The maximum absolute atomic E-state index is 13.8. The minimum absolute atomic E-state index is 0.00763. The van der Waals surface area contributed by atoms with Gasteiger partial charge in [0.1, 0.15) is 24.2 Å². The van der Waals surface area contributed by atoms with E-state index in [1.165, 1.54) is 25.3 Å². The Labute approximate surface area is 188 Å². The van der Waals surface area contributed by atoms with Crippen molar-refractivity contribution in [1.82, 2.24) is 0 Å². The summed E-state index contributed by atoms with van der Waals surface area (Å²) in [6.45, 7) is 2.66. The van der Waals surface area contributed by atoms with Gasteiger partial charge in [0.05, 0.1) is 25.2 Å². The lowest BCUT2D eigenvalue weighted by Gasteiger charge is -2.35. The molecule has 2 fully saturated rings. The Morgan fingerprint density at radius 2 is 2.03 bits per heavy atom. The van der Waals surface area contributed by atoms with Gasteiger partial charge in [-0.2, -0.15) is 0 Å². The predicted octanol–water partition coefficient (Wildman–Crippen LogP) is 0.675. The molecule has 4 rings (SSSR count). The normalized spacial score (nSPS) is 33.5. The predicted molar refractivity (Wildman–Crippen MR) is 113 cm³/mol. The molecule has 1 aromatic carbocycles. The van der Waals surface area contributed by atoms with Gasteiger partial charge in [-0.05, 0) is 19.4 Å². The SMILES string of the molecule is COC(=O)C1C(C)=NC(C)=C(C(=O)[C@@]2(O)CO[C@@H]3[C@@H](O)CO[C@@H]32)C1c1cccc([N+](=O)[O-])c1. The number of rotatable bonds is 5. The lowest BCUT2D eigenvalue weighted by Crippen LogP contribution is -2.53. The van der Waals surface area contributed by atoms with Gasteiger partial charge in [0.2, 0.25) is 0 Å². The van der Waals surface area contributed by atoms with Crippen molar-refractivity contribution in [3.05, 3.63) is 51.2 Å². The van der Waals surface area contributed by atoms with Crippen molar-refractivity contribution in [2.75, 3.05) is 20.3 Å². The summed E-state index contributed by atoms with van der Waals surface area (Å²) in [6.07, 6.45) is -2.97. The first kappa shape index (κ1) is 23.2. The molecule has 2 saturated heterocycles. The molecule has 6 atom stereocenters. The van der Waals surface area contributed by atoms with Gasteiger partial charge in [-0.15, -0.1) is 0 Å². The maximum Gasteiger partial charge on any atom is 0.315 e. The number of non-ortho nitro benzene ring substituents is 1. The second-order valence-corrected chi connectivity index (χ2v) is 8.43. The number of fused-ring (bicyclic) bond motifs is 1. The van der Waals surface area contributed by atoms with Crippen molar-refractivity contribution >= 4 is 23.2 Å². The van der Waals surface area contributed by atoms with Crippen LogP contribution < -0.4 is 0 Å². The van der Waals surface area contributed by atoms with Crippen molar-refractivity contribution in [3.8, 4) is 0 Å². The van der Waals surface area contributed by atoms with E-state index in [9.17, 15) is 29.9 Å². The van der Waals surface area contributed by atoms with Crippen molar-refractivity contribution in [2.24, 2.45) is 10.9 Å². The van der Waals surface area contributed by atoms with Gasteiger partial charge in [0.25, 0.3) is 5.69 Å². The van der Waals surface area contributed by atoms with Gasteiger partial charge < -0.3 is 24.4 Å². The lowest BCUT2D eigenvalue weighted by atomic mass is 9.71. The number of nitro benzene ring substituents is 1. The van der Waals surface area contributed by atoms with Gasteiger partial charge in [0, 0.05) is 35.0 Å². The van der Waals surface area contributed by atoms with Crippen LogP contribution in [0.25, 0.3) is 0 Å². The zero-order chi connectivity index (χ0) is 24.1. The minimum atomic E-state index is -2.13. The zero-order valence-corrected chi connectivity index (χ0v) is 18.3. The molecular weight excluding hydrogens is 436 g/mol. The van der Waals surface area contributed by atoms with Crippen molar-refractivity contribution in [2.45, 2.75) is 43.7 Å². The number of Topliss-reactive ketones (excluding diaryl/α,β-unsaturated/α-hetero) is 1. The van der Waals surface area contributed by atoms with E-state index in [1.807, 2.05) is 0 Å². The summed E-state index contributed by atoms with van der Waals surface area (Å²) in [5.41, 5.74) is -1.39. The van der Waals surface area contributed by atoms with Crippen LogP contribution in [0.4, 0.5) is 5.69 Å². The first-order valence-electron chi connectivity index (χ1n) is 10.4. The summed E-state index contributed by atoms with van der Waals surface area (Å²) >= 11 is 0. The van der Waals surface area contributed by atoms with Crippen LogP contribution in [0.15, 0.2) is 40.5 Å². The van der Waals surface area contributed by atoms with Crippen LogP contribution in [0.3, 0.4) is 0 Å². The lowest BCUT2D eigenvalue weighted by molar-refractivity contribution is -0.384. The highest BCUT2D eigenvalue weighted by atomic mass is 16.6. The van der Waals surface area contributed by atoms with E-state index in [2.05, 4.69) is 4.99 Å². The number of aliphatic hydroxyl groups is 2. The van der Waals surface area contributed by atoms with E-state index < -0.39 is 59.0 Å². The number of benzene rings is 1. The number of nitro groups is 1. The van der Waals surface area contributed by atoms with Gasteiger partial charge in [0.15, 0.2) is 11.4 Å². The molecule has 11 heteroatoms. The number of ketones is 1. The Hall–Kier alpha value is -2.99. The summed E-state index contributed by atoms with van der Waals surface area (Å²) in [7, 11) is 1.20. The third-order valence-corrected chi connectivity index (χ3v) is 6.45. The summed E-state index contributed by atoms with van der Waals surface area (Å²) in [4.78, 5) is 41.8. The summed E-state index contributed by atoms with van der Waals surface area (Å²) < 4.78 is 15.9. The number of carbonyl (C=O) groups is 2.